The zero-order valence-corrected chi connectivity index (χ0v) is 54.2. The van der Waals surface area contributed by atoms with E-state index in [-0.39, 0.29) is 11.8 Å². The van der Waals surface area contributed by atoms with E-state index in [0.29, 0.717) is 0 Å². The highest BCUT2D eigenvalue weighted by Crippen LogP contribution is 2.42. The minimum atomic E-state index is 0.0639. The first-order chi connectivity index (χ1) is 43.7. The quantitative estimate of drug-likeness (QED) is 0.0374. The summed E-state index contributed by atoms with van der Waals surface area (Å²) < 4.78 is 0. The Morgan fingerprint density at radius 1 is 0.225 bits per heavy atom. The monoisotopic (exact) mass is 1160 g/mol. The van der Waals surface area contributed by atoms with Crippen LogP contribution in [0, 0.1) is 20.8 Å². The van der Waals surface area contributed by atoms with E-state index in [9.17, 15) is 0 Å². The molecule has 0 saturated carbocycles. The number of benzene rings is 11. The predicted octanol–water partition coefficient (Wildman–Crippen LogP) is 25.1. The molecule has 2 atom stereocenters. The van der Waals surface area contributed by atoms with E-state index in [2.05, 4.69) is 297 Å². The fourth-order valence-corrected chi connectivity index (χ4v) is 13.6. The number of aryl methyl sites for hydroxylation is 7. The van der Waals surface area contributed by atoms with Crippen LogP contribution in [0.25, 0.3) is 66.8 Å². The van der Waals surface area contributed by atoms with Crippen molar-refractivity contribution in [2.24, 2.45) is 0 Å². The van der Waals surface area contributed by atoms with Crippen LogP contribution in [0.3, 0.4) is 0 Å². The maximum Gasteiger partial charge on any atom is 0.0340 e. The zero-order chi connectivity index (χ0) is 61.5. The highest BCUT2D eigenvalue weighted by molar-refractivity contribution is 5.79. The maximum absolute atomic E-state index is 2.62. The molecule has 0 bridgehead atoms. The molecule has 0 heteroatoms. The smallest absolute Gasteiger partial charge is 0.0340 e. The lowest BCUT2D eigenvalue weighted by atomic mass is 9.81. The van der Waals surface area contributed by atoms with Gasteiger partial charge in [-0.2, -0.15) is 0 Å². The topological polar surface area (TPSA) is 0 Å². The summed E-state index contributed by atoms with van der Waals surface area (Å²) >= 11 is 0. The van der Waals surface area contributed by atoms with Gasteiger partial charge >= 0.3 is 0 Å². The Morgan fingerprint density at radius 2 is 0.517 bits per heavy atom. The number of unbranched alkanes of at least 4 members (excludes halogenated alkanes) is 6. The molecule has 0 amide bonds. The molecule has 0 aliphatic rings. The third-order valence-corrected chi connectivity index (χ3v) is 18.8. The molecule has 2 unspecified atom stereocenters. The minimum Gasteiger partial charge on any atom is -0.0654 e. The number of hydrogen-bond donors (Lipinski definition) is 0. The molecule has 0 aromatic heterocycles. The molecule has 0 nitrogen and oxygen atoms in total. The van der Waals surface area contributed by atoms with Crippen molar-refractivity contribution in [1.29, 1.82) is 0 Å². The molecule has 0 saturated heterocycles. The molecule has 0 radical (unpaired) electrons. The SMILES string of the molecule is CCCCCCc1cc(-c2ccc(C(c3ccc(-c4ccc(C)cc4)cc3)c3ccc(-c4ccc(CCC)cc4)cc3)cc2C)c(CCCCCC)cc1-c1ccc(C(c2ccc(-c3ccc(C)cc3)cc2)c2ccc(-c3ccc(CCC)cc3)cc2)cc1. The fraction of sp³-hybridized carbons (Fsp3) is 0.258. The van der Waals surface area contributed by atoms with E-state index in [0.717, 1.165) is 38.5 Å². The Morgan fingerprint density at radius 3 is 0.854 bits per heavy atom. The second kappa shape index (κ2) is 30.1. The van der Waals surface area contributed by atoms with Crippen molar-refractivity contribution in [3.63, 3.8) is 0 Å². The van der Waals surface area contributed by atoms with Crippen molar-refractivity contribution in [2.45, 2.75) is 150 Å². The Kier molecular flexibility index (Phi) is 21.0. The summed E-state index contributed by atoms with van der Waals surface area (Å²) in [6.07, 6.45) is 16.5. The molecule has 0 aliphatic carbocycles. The van der Waals surface area contributed by atoms with E-state index < -0.39 is 0 Å². The Hall–Kier alpha value is -8.58. The molecular formula is C89H92. The van der Waals surface area contributed by atoms with Crippen molar-refractivity contribution in [3.05, 3.63) is 321 Å². The van der Waals surface area contributed by atoms with Crippen LogP contribution in [0.1, 0.15) is 176 Å². The second-order valence-corrected chi connectivity index (χ2v) is 25.5. The normalized spacial score (nSPS) is 12.1. The fourth-order valence-electron chi connectivity index (χ4n) is 13.6. The summed E-state index contributed by atoms with van der Waals surface area (Å²) in [5.41, 5.74) is 32.9. The van der Waals surface area contributed by atoms with Gasteiger partial charge in [0.15, 0.2) is 0 Å². The molecule has 11 aromatic rings. The molecule has 0 fully saturated rings. The predicted molar refractivity (Wildman–Crippen MR) is 385 cm³/mol. The van der Waals surface area contributed by atoms with Gasteiger partial charge in [0.05, 0.1) is 0 Å². The van der Waals surface area contributed by atoms with Gasteiger partial charge < -0.3 is 0 Å². The van der Waals surface area contributed by atoms with Crippen LogP contribution in [-0.4, -0.2) is 0 Å². The van der Waals surface area contributed by atoms with Gasteiger partial charge in [-0.25, -0.2) is 0 Å². The molecular weight excluding hydrogens is 1070 g/mol. The minimum absolute atomic E-state index is 0.0639. The van der Waals surface area contributed by atoms with Gasteiger partial charge in [-0.15, -0.1) is 0 Å². The van der Waals surface area contributed by atoms with Crippen molar-refractivity contribution < 1.29 is 0 Å². The summed E-state index contributed by atoms with van der Waals surface area (Å²) in [5, 5.41) is 0. The molecule has 0 aliphatic heterocycles. The van der Waals surface area contributed by atoms with Crippen LogP contribution in [0.15, 0.2) is 249 Å². The highest BCUT2D eigenvalue weighted by Gasteiger charge is 2.23. The zero-order valence-electron chi connectivity index (χ0n) is 54.2. The van der Waals surface area contributed by atoms with Crippen LogP contribution < -0.4 is 0 Å². The van der Waals surface area contributed by atoms with E-state index in [1.807, 2.05) is 0 Å². The second-order valence-electron chi connectivity index (χ2n) is 25.5. The van der Waals surface area contributed by atoms with Crippen LogP contribution in [0.2, 0.25) is 0 Å². The summed E-state index contributed by atoms with van der Waals surface area (Å²) in [6, 6.07) is 96.0. The van der Waals surface area contributed by atoms with Gasteiger partial charge in [0.1, 0.15) is 0 Å². The lowest BCUT2D eigenvalue weighted by Crippen LogP contribution is -2.05. The summed E-state index contributed by atoms with van der Waals surface area (Å²) in [7, 11) is 0. The maximum atomic E-state index is 2.62. The first kappa shape index (κ1) is 62.0. The van der Waals surface area contributed by atoms with Gasteiger partial charge in [0, 0.05) is 11.8 Å². The van der Waals surface area contributed by atoms with E-state index in [1.54, 1.807) is 0 Å². The molecule has 448 valence electrons. The van der Waals surface area contributed by atoms with Gasteiger partial charge in [0.2, 0.25) is 0 Å². The molecule has 0 spiro atoms. The van der Waals surface area contributed by atoms with Crippen molar-refractivity contribution in [1.82, 2.24) is 0 Å². The standard InChI is InChI=1S/C89H92/c1-8-12-14-16-20-82-62-87(85-59-58-84(60-65(85)7)89(80-52-42-73(43-53-80)69-32-24-64(6)25-33-69)81-54-44-75(45-55-81)71-36-28-67(19-11-4)29-37-71)83(21-17-15-13-9-2)61-86(82)76-46-56-79(57-47-76)88(77-48-38-72(39-49-77)68-30-22-63(5)23-31-68)78-50-40-74(41-51-78)70-34-26-66(18-10-3)27-35-70/h22-62,88-89H,8-21H2,1-7H3. The molecule has 11 rings (SSSR count). The largest absolute Gasteiger partial charge is 0.0654 e. The Balaban J connectivity index is 0.963. The summed E-state index contributed by atoms with van der Waals surface area (Å²) in [4.78, 5) is 0. The molecule has 89 heavy (non-hydrogen) atoms. The lowest BCUT2D eigenvalue weighted by Gasteiger charge is -2.23. The summed E-state index contributed by atoms with van der Waals surface area (Å²) in [6.45, 7) is 15.8. The molecule has 11 aromatic carbocycles. The van der Waals surface area contributed by atoms with Crippen LogP contribution in [-0.2, 0) is 25.7 Å². The Bertz CT molecular complexity index is 3990. The van der Waals surface area contributed by atoms with Crippen LogP contribution >= 0.6 is 0 Å². The van der Waals surface area contributed by atoms with Gasteiger partial charge in [-0.3, -0.25) is 0 Å². The van der Waals surface area contributed by atoms with E-state index in [4.69, 9.17) is 0 Å². The van der Waals surface area contributed by atoms with Crippen LogP contribution in [0.4, 0.5) is 0 Å². The Labute approximate surface area is 534 Å². The first-order valence-electron chi connectivity index (χ1n) is 33.8. The average Bonchev–Trinajstić information content (AvgIpc) is 1.84. The summed E-state index contributed by atoms with van der Waals surface area (Å²) in [5.74, 6) is 0.132. The van der Waals surface area contributed by atoms with Crippen molar-refractivity contribution in [2.75, 3.05) is 0 Å². The third-order valence-electron chi connectivity index (χ3n) is 18.8. The number of rotatable bonds is 26. The molecule has 0 heterocycles. The van der Waals surface area contributed by atoms with Crippen LogP contribution in [0.5, 0.6) is 0 Å². The van der Waals surface area contributed by atoms with E-state index >= 15 is 0 Å². The highest BCUT2D eigenvalue weighted by atomic mass is 14.3. The number of hydrogen-bond acceptors (Lipinski definition) is 0. The van der Waals surface area contributed by atoms with Gasteiger partial charge in [-0.1, -0.05) is 339 Å². The van der Waals surface area contributed by atoms with Gasteiger partial charge in [0.25, 0.3) is 0 Å². The molecule has 0 N–H and O–H groups in total. The first-order valence-corrected chi connectivity index (χ1v) is 33.8. The average molecular weight is 1160 g/mol. The lowest BCUT2D eigenvalue weighted by molar-refractivity contribution is 0.664. The van der Waals surface area contributed by atoms with Crippen molar-refractivity contribution >= 4 is 0 Å². The van der Waals surface area contributed by atoms with Gasteiger partial charge in [-0.05, 0) is 187 Å². The van der Waals surface area contributed by atoms with Crippen molar-refractivity contribution in [3.8, 4) is 66.8 Å². The third kappa shape index (κ3) is 15.3. The van der Waals surface area contributed by atoms with E-state index in [1.165, 1.54) is 190 Å².